The summed E-state index contributed by atoms with van der Waals surface area (Å²) in [6, 6.07) is 0. The maximum atomic E-state index is 9.57. The zero-order valence-electron chi connectivity index (χ0n) is 8.34. The Balaban J connectivity index is 2.04. The van der Waals surface area contributed by atoms with Crippen LogP contribution in [0.25, 0.3) is 0 Å². The smallest absolute Gasteiger partial charge is 0.163 e. The second-order valence-corrected chi connectivity index (χ2v) is 5.40. The summed E-state index contributed by atoms with van der Waals surface area (Å²) < 4.78 is 11.4. The Labute approximate surface area is 87.6 Å². The Bertz CT molecular complexity index is 221. The number of aliphatic hydroxyl groups is 2. The van der Waals surface area contributed by atoms with Crippen molar-refractivity contribution in [1.82, 2.24) is 0 Å². The van der Waals surface area contributed by atoms with E-state index in [9.17, 15) is 5.11 Å². The summed E-state index contributed by atoms with van der Waals surface area (Å²) in [6.45, 7) is 3.53. The molecule has 0 aromatic carbocycles. The highest BCUT2D eigenvalue weighted by atomic mass is 32.2. The molecule has 4 atom stereocenters. The maximum Gasteiger partial charge on any atom is 0.163 e. The van der Waals surface area contributed by atoms with E-state index in [1.165, 1.54) is 0 Å². The van der Waals surface area contributed by atoms with Gasteiger partial charge in [0, 0.05) is 5.75 Å². The minimum Gasteiger partial charge on any atom is -0.394 e. The third-order valence-electron chi connectivity index (χ3n) is 2.56. The predicted molar refractivity (Wildman–Crippen MR) is 53.2 cm³/mol. The fourth-order valence-corrected chi connectivity index (χ4v) is 3.40. The van der Waals surface area contributed by atoms with E-state index in [2.05, 4.69) is 0 Å². The average Bonchev–Trinajstić information content (AvgIpc) is 2.58. The standard InChI is InChI=1S/C9H16O4S/c1-9(2)12-6-4-14-8(5(11)3-10)7(6)13-9/h5-8,10-11H,3-4H2,1-2H3. The molecule has 0 radical (unpaired) electrons. The van der Waals surface area contributed by atoms with Crippen LogP contribution in [0.3, 0.4) is 0 Å². The lowest BCUT2D eigenvalue weighted by Gasteiger charge is -2.23. The van der Waals surface area contributed by atoms with Gasteiger partial charge in [0.15, 0.2) is 5.79 Å². The van der Waals surface area contributed by atoms with Crippen LogP contribution in [0.2, 0.25) is 0 Å². The third kappa shape index (κ3) is 1.79. The summed E-state index contributed by atoms with van der Waals surface area (Å²) in [5.74, 6) is 0.277. The van der Waals surface area contributed by atoms with E-state index in [-0.39, 0.29) is 24.1 Å². The summed E-state index contributed by atoms with van der Waals surface area (Å²) in [7, 11) is 0. The minimum absolute atomic E-state index is 0.0567. The quantitative estimate of drug-likeness (QED) is 0.684. The van der Waals surface area contributed by atoms with E-state index in [0.29, 0.717) is 0 Å². The van der Waals surface area contributed by atoms with Crippen LogP contribution >= 0.6 is 11.8 Å². The molecule has 5 heteroatoms. The Kier molecular flexibility index (Phi) is 2.79. The van der Waals surface area contributed by atoms with Gasteiger partial charge in [0.05, 0.1) is 24.1 Å². The Hall–Kier alpha value is 0.190. The monoisotopic (exact) mass is 220 g/mol. The lowest BCUT2D eigenvalue weighted by atomic mass is 10.1. The highest BCUT2D eigenvalue weighted by Gasteiger charge is 2.51. The molecule has 2 N–H and O–H groups in total. The lowest BCUT2D eigenvalue weighted by Crippen LogP contribution is -2.38. The van der Waals surface area contributed by atoms with E-state index >= 15 is 0 Å². The molecule has 2 saturated heterocycles. The first-order valence-electron chi connectivity index (χ1n) is 4.79. The SMILES string of the molecule is CC1(C)OC2CSC(C(O)CO)C2O1. The van der Waals surface area contributed by atoms with Crippen LogP contribution in [0, 0.1) is 0 Å². The number of rotatable bonds is 2. The molecule has 4 nitrogen and oxygen atoms in total. The van der Waals surface area contributed by atoms with Crippen molar-refractivity contribution < 1.29 is 19.7 Å². The zero-order valence-corrected chi connectivity index (χ0v) is 9.16. The van der Waals surface area contributed by atoms with Crippen molar-refractivity contribution in [3.05, 3.63) is 0 Å². The number of hydrogen-bond donors (Lipinski definition) is 2. The molecule has 4 unspecified atom stereocenters. The van der Waals surface area contributed by atoms with Crippen LogP contribution in [-0.4, -0.2) is 51.9 Å². The molecule has 0 saturated carbocycles. The van der Waals surface area contributed by atoms with Crippen molar-refractivity contribution in [2.24, 2.45) is 0 Å². The number of aliphatic hydroxyl groups excluding tert-OH is 2. The molecule has 0 aromatic heterocycles. The molecule has 0 aromatic rings. The van der Waals surface area contributed by atoms with Gasteiger partial charge in [0.25, 0.3) is 0 Å². The second kappa shape index (κ2) is 3.64. The third-order valence-corrected chi connectivity index (χ3v) is 4.05. The Morgan fingerprint density at radius 3 is 2.86 bits per heavy atom. The van der Waals surface area contributed by atoms with Gasteiger partial charge in [0.1, 0.15) is 6.10 Å². The minimum atomic E-state index is -0.715. The van der Waals surface area contributed by atoms with Gasteiger partial charge < -0.3 is 19.7 Å². The largest absolute Gasteiger partial charge is 0.394 e. The first kappa shape index (κ1) is 10.7. The van der Waals surface area contributed by atoms with Crippen molar-refractivity contribution in [1.29, 1.82) is 0 Å². The second-order valence-electron chi connectivity index (χ2n) is 4.19. The summed E-state index contributed by atoms with van der Waals surface area (Å²) in [5.41, 5.74) is 0. The van der Waals surface area contributed by atoms with E-state index in [0.717, 1.165) is 5.75 Å². The van der Waals surface area contributed by atoms with E-state index in [1.54, 1.807) is 11.8 Å². The van der Waals surface area contributed by atoms with Gasteiger partial charge in [-0.25, -0.2) is 0 Å². The molecular formula is C9H16O4S. The first-order chi connectivity index (χ1) is 6.53. The van der Waals surface area contributed by atoms with Crippen LogP contribution < -0.4 is 0 Å². The van der Waals surface area contributed by atoms with Crippen LogP contribution in [0.15, 0.2) is 0 Å². The van der Waals surface area contributed by atoms with Gasteiger partial charge in [-0.05, 0) is 13.8 Å². The van der Waals surface area contributed by atoms with Gasteiger partial charge in [-0.3, -0.25) is 0 Å². The Morgan fingerprint density at radius 1 is 1.50 bits per heavy atom. The molecule has 14 heavy (non-hydrogen) atoms. The van der Waals surface area contributed by atoms with Gasteiger partial charge in [0.2, 0.25) is 0 Å². The molecule has 2 aliphatic heterocycles. The number of hydrogen-bond acceptors (Lipinski definition) is 5. The predicted octanol–water partition coefficient (Wildman–Crippen LogP) is -0.0249. The van der Waals surface area contributed by atoms with Crippen molar-refractivity contribution in [3.8, 4) is 0 Å². The fourth-order valence-electron chi connectivity index (χ4n) is 2.01. The van der Waals surface area contributed by atoms with Crippen LogP contribution in [0.1, 0.15) is 13.8 Å². The maximum absolute atomic E-state index is 9.57. The normalized spacial score (nSPS) is 42.4. The summed E-state index contributed by atoms with van der Waals surface area (Å²) in [5, 5.41) is 18.4. The van der Waals surface area contributed by atoms with Crippen LogP contribution in [0.5, 0.6) is 0 Å². The van der Waals surface area contributed by atoms with Crippen molar-refractivity contribution in [2.45, 2.75) is 43.2 Å². The molecule has 0 spiro atoms. The number of thioether (sulfide) groups is 1. The Morgan fingerprint density at radius 2 is 2.21 bits per heavy atom. The molecule has 2 fully saturated rings. The highest BCUT2D eigenvalue weighted by Crippen LogP contribution is 2.42. The molecule has 0 amide bonds. The molecule has 82 valence electrons. The zero-order chi connectivity index (χ0) is 10.3. The van der Waals surface area contributed by atoms with Gasteiger partial charge in [-0.15, -0.1) is 0 Å². The van der Waals surface area contributed by atoms with Crippen LogP contribution in [-0.2, 0) is 9.47 Å². The van der Waals surface area contributed by atoms with Gasteiger partial charge in [-0.2, -0.15) is 11.8 Å². The average molecular weight is 220 g/mol. The molecular weight excluding hydrogens is 204 g/mol. The summed E-state index contributed by atoms with van der Waals surface area (Å²) >= 11 is 1.61. The number of fused-ring (bicyclic) bond motifs is 1. The topological polar surface area (TPSA) is 58.9 Å². The van der Waals surface area contributed by atoms with Crippen molar-refractivity contribution >= 4 is 11.8 Å². The van der Waals surface area contributed by atoms with Gasteiger partial charge in [-0.1, -0.05) is 0 Å². The number of ether oxygens (including phenoxy) is 2. The summed E-state index contributed by atoms with van der Waals surface area (Å²) in [4.78, 5) is 0. The van der Waals surface area contributed by atoms with E-state index in [4.69, 9.17) is 14.6 Å². The molecule has 0 bridgehead atoms. The van der Waals surface area contributed by atoms with E-state index < -0.39 is 11.9 Å². The van der Waals surface area contributed by atoms with E-state index in [1.807, 2.05) is 13.8 Å². The van der Waals surface area contributed by atoms with Crippen molar-refractivity contribution in [2.75, 3.05) is 12.4 Å². The van der Waals surface area contributed by atoms with Crippen molar-refractivity contribution in [3.63, 3.8) is 0 Å². The lowest BCUT2D eigenvalue weighted by molar-refractivity contribution is -0.147. The first-order valence-corrected chi connectivity index (χ1v) is 5.84. The molecule has 2 heterocycles. The molecule has 2 aliphatic rings. The molecule has 0 aliphatic carbocycles. The van der Waals surface area contributed by atoms with Gasteiger partial charge >= 0.3 is 0 Å². The van der Waals surface area contributed by atoms with Crippen LogP contribution in [0.4, 0.5) is 0 Å². The fraction of sp³-hybridized carbons (Fsp3) is 1.00. The highest BCUT2D eigenvalue weighted by molar-refractivity contribution is 8.00. The molecule has 2 rings (SSSR count). The summed E-state index contributed by atoms with van der Waals surface area (Å²) in [6.07, 6.45) is -0.745.